The molecule has 30 heavy (non-hydrogen) atoms. The van der Waals surface area contributed by atoms with Crippen molar-refractivity contribution in [3.63, 3.8) is 0 Å². The molecule has 3 heterocycles. The van der Waals surface area contributed by atoms with Crippen LogP contribution >= 0.6 is 0 Å². The van der Waals surface area contributed by atoms with Crippen molar-refractivity contribution >= 4 is 22.8 Å². The van der Waals surface area contributed by atoms with Crippen molar-refractivity contribution < 1.29 is 4.79 Å². The zero-order valence-corrected chi connectivity index (χ0v) is 18.8. The normalized spacial score (nSPS) is 28.9. The lowest BCUT2D eigenvalue weighted by Crippen LogP contribution is -2.45. The molecular formula is C25H34N4O. The Hall–Kier alpha value is -2.17. The standard InChI is InChI=1S/C25H34N4O/c1-17-20-7-5-6-8-21(20)27-23(26-17)28-11-9-18(10-12-28)22(30)29-16-25(4)14-19(29)13-24(2,3)15-25/h5-8,18-19H,9-16H2,1-4H3. The molecule has 2 atom stereocenters. The molecule has 1 aromatic heterocycles. The number of nitrogens with zero attached hydrogens (tertiary/aromatic N) is 4. The molecule has 160 valence electrons. The number of carbonyl (C=O) groups is 1. The van der Waals surface area contributed by atoms with E-state index in [1.807, 2.05) is 12.1 Å². The summed E-state index contributed by atoms with van der Waals surface area (Å²) in [6.45, 7) is 11.8. The predicted molar refractivity (Wildman–Crippen MR) is 120 cm³/mol. The van der Waals surface area contributed by atoms with Gasteiger partial charge in [-0.15, -0.1) is 0 Å². The van der Waals surface area contributed by atoms with E-state index in [0.717, 1.165) is 61.4 Å². The fraction of sp³-hybridized carbons (Fsp3) is 0.640. The SMILES string of the molecule is Cc1nc(N2CCC(C(=O)N3CC4(C)CC3CC(C)(C)C4)CC2)nc2ccccc12. The third-order valence-corrected chi connectivity index (χ3v) is 7.61. The third kappa shape index (κ3) is 3.46. The maximum Gasteiger partial charge on any atom is 0.226 e. The Morgan fingerprint density at radius 1 is 1.07 bits per heavy atom. The first-order chi connectivity index (χ1) is 14.2. The number of fused-ring (bicyclic) bond motifs is 3. The van der Waals surface area contributed by atoms with Crippen molar-refractivity contribution in [2.75, 3.05) is 24.5 Å². The van der Waals surface area contributed by atoms with Gasteiger partial charge in [0.05, 0.1) is 11.2 Å². The summed E-state index contributed by atoms with van der Waals surface area (Å²) in [5.74, 6) is 1.36. The topological polar surface area (TPSA) is 49.3 Å². The predicted octanol–water partition coefficient (Wildman–Crippen LogP) is 4.58. The van der Waals surface area contributed by atoms with Crippen LogP contribution in [0.5, 0.6) is 0 Å². The number of aryl methyl sites for hydroxylation is 1. The number of rotatable bonds is 2. The van der Waals surface area contributed by atoms with Crippen LogP contribution in [-0.4, -0.2) is 46.5 Å². The summed E-state index contributed by atoms with van der Waals surface area (Å²) in [7, 11) is 0. The molecule has 1 amide bonds. The highest BCUT2D eigenvalue weighted by molar-refractivity contribution is 5.82. The molecule has 2 aliphatic heterocycles. The van der Waals surface area contributed by atoms with E-state index in [0.29, 0.717) is 22.8 Å². The summed E-state index contributed by atoms with van der Waals surface area (Å²) >= 11 is 0. The van der Waals surface area contributed by atoms with Crippen molar-refractivity contribution in [2.24, 2.45) is 16.7 Å². The van der Waals surface area contributed by atoms with Crippen molar-refractivity contribution in [3.05, 3.63) is 30.0 Å². The molecule has 0 radical (unpaired) electrons. The summed E-state index contributed by atoms with van der Waals surface area (Å²) in [6.07, 6.45) is 5.37. The van der Waals surface area contributed by atoms with E-state index in [1.54, 1.807) is 0 Å². The molecule has 2 aromatic rings. The Bertz CT molecular complexity index is 978. The first kappa shape index (κ1) is 19.8. The Balaban J connectivity index is 1.27. The molecule has 2 saturated heterocycles. The van der Waals surface area contributed by atoms with Crippen LogP contribution in [0.4, 0.5) is 5.95 Å². The van der Waals surface area contributed by atoms with Gasteiger partial charge in [-0.2, -0.15) is 0 Å². The van der Waals surface area contributed by atoms with E-state index in [4.69, 9.17) is 9.97 Å². The van der Waals surface area contributed by atoms with Crippen molar-refractivity contribution in [2.45, 2.75) is 65.8 Å². The number of piperidine rings is 1. The Kier molecular flexibility index (Phi) is 4.57. The molecule has 5 heteroatoms. The number of benzene rings is 1. The third-order valence-electron chi connectivity index (χ3n) is 7.61. The number of hydrogen-bond acceptors (Lipinski definition) is 4. The van der Waals surface area contributed by atoms with Crippen LogP contribution in [0.1, 0.15) is 58.6 Å². The quantitative estimate of drug-likeness (QED) is 0.732. The zero-order chi connectivity index (χ0) is 21.1. The lowest BCUT2D eigenvalue weighted by Gasteiger charge is -2.40. The fourth-order valence-corrected chi connectivity index (χ4v) is 6.64. The van der Waals surface area contributed by atoms with Crippen LogP contribution < -0.4 is 4.90 Å². The summed E-state index contributed by atoms with van der Waals surface area (Å²) in [4.78, 5) is 27.5. The van der Waals surface area contributed by atoms with E-state index in [9.17, 15) is 4.79 Å². The summed E-state index contributed by atoms with van der Waals surface area (Å²) in [6, 6.07) is 8.63. The number of anilines is 1. The molecule has 5 rings (SSSR count). The molecule has 5 nitrogen and oxygen atoms in total. The second kappa shape index (κ2) is 6.93. The number of para-hydroxylation sites is 1. The van der Waals surface area contributed by atoms with Gasteiger partial charge in [0.1, 0.15) is 0 Å². The molecule has 3 aliphatic rings. The smallest absolute Gasteiger partial charge is 0.226 e. The Morgan fingerprint density at radius 3 is 2.57 bits per heavy atom. The van der Waals surface area contributed by atoms with E-state index in [-0.39, 0.29) is 5.92 Å². The average Bonchev–Trinajstić information content (AvgIpc) is 2.96. The maximum absolute atomic E-state index is 13.4. The number of carbonyl (C=O) groups excluding carboxylic acids is 1. The summed E-state index contributed by atoms with van der Waals surface area (Å²) < 4.78 is 0. The molecule has 3 fully saturated rings. The molecule has 0 spiro atoms. The first-order valence-corrected chi connectivity index (χ1v) is 11.5. The number of hydrogen-bond donors (Lipinski definition) is 0. The molecule has 1 aliphatic carbocycles. The molecule has 1 saturated carbocycles. The number of likely N-dealkylation sites (tertiary alicyclic amines) is 1. The first-order valence-electron chi connectivity index (χ1n) is 11.5. The zero-order valence-electron chi connectivity index (χ0n) is 18.8. The molecular weight excluding hydrogens is 372 g/mol. The highest BCUT2D eigenvalue weighted by atomic mass is 16.2. The minimum Gasteiger partial charge on any atom is -0.341 e. The molecule has 0 N–H and O–H groups in total. The van der Waals surface area contributed by atoms with Gasteiger partial charge in [-0.3, -0.25) is 4.79 Å². The minimum atomic E-state index is 0.147. The summed E-state index contributed by atoms with van der Waals surface area (Å²) in [5, 5.41) is 1.11. The highest BCUT2D eigenvalue weighted by Crippen LogP contribution is 2.52. The number of amides is 1. The van der Waals surface area contributed by atoms with Crippen LogP contribution in [0, 0.1) is 23.7 Å². The molecule has 1 aromatic carbocycles. The van der Waals surface area contributed by atoms with Crippen molar-refractivity contribution in [1.29, 1.82) is 0 Å². The molecule has 2 bridgehead atoms. The van der Waals surface area contributed by atoms with Crippen LogP contribution in [0.2, 0.25) is 0 Å². The van der Waals surface area contributed by atoms with Gasteiger partial charge in [0.25, 0.3) is 0 Å². The van der Waals surface area contributed by atoms with E-state index >= 15 is 0 Å². The highest BCUT2D eigenvalue weighted by Gasteiger charge is 2.51. The molecule has 2 unspecified atom stereocenters. The lowest BCUT2D eigenvalue weighted by molar-refractivity contribution is -0.137. The Labute approximate surface area is 179 Å². The van der Waals surface area contributed by atoms with Gasteiger partial charge in [-0.05, 0) is 55.9 Å². The Morgan fingerprint density at radius 2 is 1.80 bits per heavy atom. The second-order valence-corrected chi connectivity index (χ2v) is 11.1. The van der Waals surface area contributed by atoms with Crippen LogP contribution in [-0.2, 0) is 4.79 Å². The van der Waals surface area contributed by atoms with E-state index < -0.39 is 0 Å². The van der Waals surface area contributed by atoms with Crippen LogP contribution in [0.3, 0.4) is 0 Å². The van der Waals surface area contributed by atoms with Gasteiger partial charge >= 0.3 is 0 Å². The van der Waals surface area contributed by atoms with Gasteiger partial charge in [0.2, 0.25) is 11.9 Å². The van der Waals surface area contributed by atoms with Gasteiger partial charge in [0, 0.05) is 37.0 Å². The minimum absolute atomic E-state index is 0.147. The number of aromatic nitrogens is 2. The van der Waals surface area contributed by atoms with E-state index in [1.165, 1.54) is 12.8 Å². The maximum atomic E-state index is 13.4. The van der Waals surface area contributed by atoms with Crippen molar-refractivity contribution in [1.82, 2.24) is 14.9 Å². The fourth-order valence-electron chi connectivity index (χ4n) is 6.64. The second-order valence-electron chi connectivity index (χ2n) is 11.1. The van der Waals surface area contributed by atoms with Crippen LogP contribution in [0.25, 0.3) is 10.9 Å². The lowest BCUT2D eigenvalue weighted by atomic mass is 9.65. The van der Waals surface area contributed by atoms with Crippen LogP contribution in [0.15, 0.2) is 24.3 Å². The monoisotopic (exact) mass is 406 g/mol. The van der Waals surface area contributed by atoms with Gasteiger partial charge in [-0.1, -0.05) is 39.0 Å². The summed E-state index contributed by atoms with van der Waals surface area (Å²) in [5.41, 5.74) is 2.67. The van der Waals surface area contributed by atoms with Crippen molar-refractivity contribution in [3.8, 4) is 0 Å². The average molecular weight is 407 g/mol. The van der Waals surface area contributed by atoms with Gasteiger partial charge in [-0.25, -0.2) is 9.97 Å². The van der Waals surface area contributed by atoms with Gasteiger partial charge < -0.3 is 9.80 Å². The van der Waals surface area contributed by atoms with E-state index in [2.05, 4.69) is 49.6 Å². The van der Waals surface area contributed by atoms with Gasteiger partial charge in [0.15, 0.2) is 0 Å². The largest absolute Gasteiger partial charge is 0.341 e.